The van der Waals surface area contributed by atoms with Gasteiger partial charge in [0.15, 0.2) is 5.75 Å². The number of amides is 1. The fraction of sp³-hybridized carbons (Fsp3) is 0.167. The predicted octanol–water partition coefficient (Wildman–Crippen LogP) is 6.81. The molecule has 1 amide bonds. The van der Waals surface area contributed by atoms with Gasteiger partial charge in [-0.1, -0.05) is 11.6 Å². The predicted molar refractivity (Wildman–Crippen MR) is 101 cm³/mol. The second kappa shape index (κ2) is 8.74. The van der Waals surface area contributed by atoms with Crippen LogP contribution < -0.4 is 9.64 Å². The van der Waals surface area contributed by atoms with Crippen molar-refractivity contribution in [3.8, 4) is 16.5 Å². The van der Waals surface area contributed by atoms with Gasteiger partial charge in [0.1, 0.15) is 33.6 Å². The van der Waals surface area contributed by atoms with E-state index in [9.17, 15) is 39.9 Å². The van der Waals surface area contributed by atoms with Crippen LogP contribution in [0.15, 0.2) is 29.8 Å². The largest absolute Gasteiger partial charge is 0.433 e. The highest BCUT2D eigenvalue weighted by molar-refractivity contribution is 7.13. The van der Waals surface area contributed by atoms with Gasteiger partial charge in [-0.3, -0.25) is 4.90 Å². The minimum Gasteiger partial charge on any atom is -0.407 e. The number of hydrogen-bond donors (Lipinski definition) is 0. The zero-order valence-electron chi connectivity index (χ0n) is 15.9. The molecule has 0 fully saturated rings. The first-order valence-corrected chi connectivity index (χ1v) is 9.65. The van der Waals surface area contributed by atoms with Crippen molar-refractivity contribution >= 4 is 34.7 Å². The molecular formula is C18H8ClF8N3O2S. The van der Waals surface area contributed by atoms with Gasteiger partial charge in [0.25, 0.3) is 0 Å². The van der Waals surface area contributed by atoms with Crippen LogP contribution in [-0.2, 0) is 12.4 Å². The summed E-state index contributed by atoms with van der Waals surface area (Å²) in [6.45, 7) is 0. The van der Waals surface area contributed by atoms with Crippen LogP contribution in [-0.4, -0.2) is 23.1 Å². The summed E-state index contributed by atoms with van der Waals surface area (Å²) >= 11 is 6.17. The van der Waals surface area contributed by atoms with Crippen molar-refractivity contribution in [3.05, 3.63) is 57.7 Å². The Kier molecular flexibility index (Phi) is 6.53. The maximum Gasteiger partial charge on any atom is 0.433 e. The molecule has 0 aliphatic rings. The SMILES string of the molecule is CN(C(=O)Oc1c(C(F)(F)F)cc(C(F)(F)F)nc1-c1nccs1)c1cc(Cl)c(F)cc1F. The normalized spacial score (nSPS) is 12.1. The van der Waals surface area contributed by atoms with Gasteiger partial charge < -0.3 is 4.74 Å². The number of halogens is 9. The molecule has 0 saturated carbocycles. The van der Waals surface area contributed by atoms with Crippen LogP contribution >= 0.6 is 22.9 Å². The lowest BCUT2D eigenvalue weighted by Gasteiger charge is -2.21. The van der Waals surface area contributed by atoms with Crippen LogP contribution in [0, 0.1) is 11.6 Å². The number of benzene rings is 1. The van der Waals surface area contributed by atoms with Gasteiger partial charge in [-0.15, -0.1) is 11.3 Å². The molecule has 1 aromatic carbocycles. The third kappa shape index (κ3) is 5.16. The van der Waals surface area contributed by atoms with Crippen LogP contribution in [0.5, 0.6) is 5.75 Å². The van der Waals surface area contributed by atoms with Gasteiger partial charge in [-0.2, -0.15) is 26.3 Å². The van der Waals surface area contributed by atoms with Crippen molar-refractivity contribution < 1.29 is 44.7 Å². The van der Waals surface area contributed by atoms with Crippen LogP contribution in [0.2, 0.25) is 5.02 Å². The standard InChI is InChI=1S/C18H8ClF8N3O2S/c1-30(11-5-8(19)9(20)6-10(11)21)16(31)32-14-7(17(22,23)24)4-12(18(25,26)27)29-13(14)15-28-2-3-33-15/h2-6H,1H3. The average molecular weight is 518 g/mol. The number of alkyl halides is 6. The number of carbonyl (C=O) groups is 1. The number of carbonyl (C=O) groups excluding carboxylic acids is 1. The van der Waals surface area contributed by atoms with Gasteiger partial charge in [-0.25, -0.2) is 23.5 Å². The Morgan fingerprint density at radius 3 is 2.27 bits per heavy atom. The Balaban J connectivity index is 2.15. The summed E-state index contributed by atoms with van der Waals surface area (Å²) in [5.41, 5.74) is -5.54. The van der Waals surface area contributed by atoms with E-state index in [4.69, 9.17) is 16.3 Å². The molecule has 0 unspecified atom stereocenters. The molecule has 176 valence electrons. The lowest BCUT2D eigenvalue weighted by atomic mass is 10.1. The van der Waals surface area contributed by atoms with E-state index in [1.807, 2.05) is 0 Å². The van der Waals surface area contributed by atoms with Crippen LogP contribution in [0.4, 0.5) is 45.6 Å². The van der Waals surface area contributed by atoms with E-state index in [0.717, 1.165) is 13.2 Å². The Morgan fingerprint density at radius 2 is 1.73 bits per heavy atom. The first-order valence-electron chi connectivity index (χ1n) is 8.39. The molecule has 0 aliphatic carbocycles. The number of pyridine rings is 1. The molecule has 0 N–H and O–H groups in total. The molecule has 0 radical (unpaired) electrons. The van der Waals surface area contributed by atoms with Crippen molar-refractivity contribution in [3.63, 3.8) is 0 Å². The average Bonchev–Trinajstić information content (AvgIpc) is 3.23. The highest BCUT2D eigenvalue weighted by Crippen LogP contribution is 2.45. The summed E-state index contributed by atoms with van der Waals surface area (Å²) in [6.07, 6.45) is -11.2. The Bertz CT molecular complexity index is 1200. The van der Waals surface area contributed by atoms with Crippen LogP contribution in [0.1, 0.15) is 11.3 Å². The quantitative estimate of drug-likeness (QED) is 0.283. The number of hydrogen-bond acceptors (Lipinski definition) is 5. The molecule has 2 aromatic heterocycles. The van der Waals surface area contributed by atoms with E-state index < -0.39 is 68.5 Å². The Morgan fingerprint density at radius 1 is 1.06 bits per heavy atom. The number of thiazole rings is 1. The molecule has 0 bridgehead atoms. The molecule has 5 nitrogen and oxygen atoms in total. The van der Waals surface area contributed by atoms with Crippen LogP contribution in [0.3, 0.4) is 0 Å². The van der Waals surface area contributed by atoms with E-state index in [1.54, 1.807) is 0 Å². The zero-order chi connectivity index (χ0) is 24.7. The van der Waals surface area contributed by atoms with Gasteiger partial charge in [0.05, 0.1) is 10.7 Å². The summed E-state index contributed by atoms with van der Waals surface area (Å²) in [6, 6.07) is 0.670. The molecule has 0 aliphatic heterocycles. The summed E-state index contributed by atoms with van der Waals surface area (Å²) in [5.74, 6) is -3.86. The highest BCUT2D eigenvalue weighted by Gasteiger charge is 2.43. The Hall–Kier alpha value is -3.00. The molecule has 3 rings (SSSR count). The van der Waals surface area contributed by atoms with Crippen molar-refractivity contribution in [1.82, 2.24) is 9.97 Å². The maximum absolute atomic E-state index is 14.1. The molecule has 2 heterocycles. The molecule has 0 atom stereocenters. The van der Waals surface area contributed by atoms with Gasteiger partial charge in [0, 0.05) is 24.7 Å². The van der Waals surface area contributed by atoms with E-state index >= 15 is 0 Å². The fourth-order valence-electron chi connectivity index (χ4n) is 2.50. The van der Waals surface area contributed by atoms with E-state index in [-0.39, 0.29) is 6.07 Å². The molecule has 33 heavy (non-hydrogen) atoms. The van der Waals surface area contributed by atoms with E-state index in [1.165, 1.54) is 5.38 Å². The lowest BCUT2D eigenvalue weighted by molar-refractivity contribution is -0.145. The van der Waals surface area contributed by atoms with Gasteiger partial charge in [-0.05, 0) is 12.1 Å². The second-order valence-electron chi connectivity index (χ2n) is 6.21. The Labute approximate surface area is 188 Å². The first-order chi connectivity index (χ1) is 15.2. The third-order valence-corrected chi connectivity index (χ3v) is 5.09. The number of nitrogens with zero attached hydrogens (tertiary/aromatic N) is 3. The molecule has 0 spiro atoms. The van der Waals surface area contributed by atoms with Crippen molar-refractivity contribution in [1.29, 1.82) is 0 Å². The zero-order valence-corrected chi connectivity index (χ0v) is 17.4. The second-order valence-corrected chi connectivity index (χ2v) is 7.51. The molecule has 15 heteroatoms. The first kappa shape index (κ1) is 24.6. The summed E-state index contributed by atoms with van der Waals surface area (Å²) in [5, 5.41) is 0.229. The number of ether oxygens (including phenoxy) is 1. The third-order valence-electron chi connectivity index (χ3n) is 4.02. The van der Waals surface area contributed by atoms with E-state index in [0.29, 0.717) is 28.4 Å². The molecule has 0 saturated heterocycles. The smallest absolute Gasteiger partial charge is 0.407 e. The van der Waals surface area contributed by atoms with Crippen molar-refractivity contribution in [2.75, 3.05) is 11.9 Å². The maximum atomic E-state index is 14.1. The number of anilines is 1. The van der Waals surface area contributed by atoms with Crippen molar-refractivity contribution in [2.24, 2.45) is 0 Å². The van der Waals surface area contributed by atoms with Gasteiger partial charge >= 0.3 is 18.4 Å². The number of aromatic nitrogens is 2. The minimum absolute atomic E-state index is 0.323. The monoisotopic (exact) mass is 517 g/mol. The highest BCUT2D eigenvalue weighted by atomic mass is 35.5. The summed E-state index contributed by atoms with van der Waals surface area (Å²) < 4.78 is 113. The molecular weight excluding hydrogens is 510 g/mol. The van der Waals surface area contributed by atoms with E-state index in [2.05, 4.69) is 9.97 Å². The minimum atomic E-state index is -5.41. The summed E-state index contributed by atoms with van der Waals surface area (Å²) in [7, 11) is 0.864. The van der Waals surface area contributed by atoms with Crippen LogP contribution in [0.25, 0.3) is 10.7 Å². The lowest BCUT2D eigenvalue weighted by Crippen LogP contribution is -2.31. The van der Waals surface area contributed by atoms with Gasteiger partial charge in [0.2, 0.25) is 0 Å². The fourth-order valence-corrected chi connectivity index (χ4v) is 3.28. The topological polar surface area (TPSA) is 55.3 Å². The molecule has 3 aromatic rings. The summed E-state index contributed by atoms with van der Waals surface area (Å²) in [4.78, 5) is 19.7. The number of rotatable bonds is 3. The van der Waals surface area contributed by atoms with Crippen molar-refractivity contribution in [2.45, 2.75) is 12.4 Å².